The molecule has 0 bridgehead atoms. The van der Waals surface area contributed by atoms with E-state index in [1.165, 1.54) is 17.4 Å². The SMILES string of the molecule is COc1cccc2c1C1(CCN(C(=O)c3nc(OC)n(C)n3)CC1)OCC2. The quantitative estimate of drug-likeness (QED) is 0.813. The molecule has 4 rings (SSSR count). The van der Waals surface area contributed by atoms with Crippen molar-refractivity contribution in [3.63, 3.8) is 0 Å². The van der Waals surface area contributed by atoms with Gasteiger partial charge in [0.1, 0.15) is 11.4 Å². The second kappa shape index (κ2) is 6.84. The first-order valence-corrected chi connectivity index (χ1v) is 9.12. The molecular formula is C19H24N4O4. The van der Waals surface area contributed by atoms with Gasteiger partial charge in [-0.05, 0) is 30.9 Å². The maximum absolute atomic E-state index is 12.8. The average molecular weight is 372 g/mol. The number of rotatable bonds is 3. The van der Waals surface area contributed by atoms with Gasteiger partial charge in [-0.1, -0.05) is 12.1 Å². The lowest BCUT2D eigenvalue weighted by atomic mass is 9.78. The van der Waals surface area contributed by atoms with Gasteiger partial charge in [0.2, 0.25) is 5.82 Å². The van der Waals surface area contributed by atoms with Crippen molar-refractivity contribution in [3.05, 3.63) is 35.2 Å². The number of aryl methyl sites for hydroxylation is 1. The maximum Gasteiger partial charge on any atom is 0.314 e. The van der Waals surface area contributed by atoms with Crippen molar-refractivity contribution in [1.82, 2.24) is 19.7 Å². The molecule has 1 aromatic carbocycles. The molecular weight excluding hydrogens is 348 g/mol. The molecule has 1 amide bonds. The van der Waals surface area contributed by atoms with E-state index in [0.29, 0.717) is 25.7 Å². The van der Waals surface area contributed by atoms with Gasteiger partial charge in [-0.15, -0.1) is 5.10 Å². The molecule has 3 heterocycles. The van der Waals surface area contributed by atoms with E-state index in [2.05, 4.69) is 16.1 Å². The van der Waals surface area contributed by atoms with E-state index >= 15 is 0 Å². The summed E-state index contributed by atoms with van der Waals surface area (Å²) in [6.07, 6.45) is 2.32. The Labute approximate surface area is 158 Å². The molecule has 2 aliphatic rings. The Morgan fingerprint density at radius 1 is 1.22 bits per heavy atom. The molecule has 0 saturated carbocycles. The van der Waals surface area contributed by atoms with E-state index in [1.54, 1.807) is 19.1 Å². The third kappa shape index (κ3) is 2.93. The Hall–Kier alpha value is -2.61. The number of nitrogens with zero attached hydrogens (tertiary/aromatic N) is 4. The fourth-order valence-corrected chi connectivity index (χ4v) is 4.15. The summed E-state index contributed by atoms with van der Waals surface area (Å²) in [5.41, 5.74) is 2.02. The van der Waals surface area contributed by atoms with Crippen molar-refractivity contribution in [2.75, 3.05) is 33.9 Å². The molecule has 0 radical (unpaired) electrons. The van der Waals surface area contributed by atoms with Crippen molar-refractivity contribution < 1.29 is 19.0 Å². The lowest BCUT2D eigenvalue weighted by Crippen LogP contribution is -2.48. The Kier molecular flexibility index (Phi) is 4.51. The van der Waals surface area contributed by atoms with Gasteiger partial charge in [0.15, 0.2) is 0 Å². The van der Waals surface area contributed by atoms with Crippen LogP contribution >= 0.6 is 0 Å². The zero-order chi connectivity index (χ0) is 19.0. The highest BCUT2D eigenvalue weighted by molar-refractivity contribution is 5.90. The van der Waals surface area contributed by atoms with E-state index in [0.717, 1.165) is 30.6 Å². The van der Waals surface area contributed by atoms with Gasteiger partial charge in [0, 0.05) is 25.7 Å². The van der Waals surface area contributed by atoms with E-state index in [4.69, 9.17) is 14.2 Å². The van der Waals surface area contributed by atoms with Gasteiger partial charge in [-0.25, -0.2) is 4.68 Å². The largest absolute Gasteiger partial charge is 0.496 e. The van der Waals surface area contributed by atoms with Gasteiger partial charge in [-0.3, -0.25) is 4.79 Å². The highest BCUT2D eigenvalue weighted by atomic mass is 16.5. The topological polar surface area (TPSA) is 78.7 Å². The Bertz CT molecular complexity index is 841. The second-order valence-electron chi connectivity index (χ2n) is 6.93. The number of hydrogen-bond donors (Lipinski definition) is 0. The Morgan fingerprint density at radius 3 is 2.67 bits per heavy atom. The lowest BCUT2D eigenvalue weighted by molar-refractivity contribution is -0.0947. The van der Waals surface area contributed by atoms with Crippen LogP contribution in [0, 0.1) is 0 Å². The highest BCUT2D eigenvalue weighted by Crippen LogP contribution is 2.45. The van der Waals surface area contributed by atoms with Gasteiger partial charge in [0.25, 0.3) is 5.91 Å². The zero-order valence-electron chi connectivity index (χ0n) is 15.9. The van der Waals surface area contributed by atoms with Crippen LogP contribution in [-0.2, 0) is 23.8 Å². The Balaban J connectivity index is 1.55. The van der Waals surface area contributed by atoms with E-state index < -0.39 is 5.60 Å². The molecule has 1 spiro atoms. The molecule has 2 aliphatic heterocycles. The molecule has 1 saturated heterocycles. The van der Waals surface area contributed by atoms with Crippen LogP contribution in [0.5, 0.6) is 11.8 Å². The number of carbonyl (C=O) groups excluding carboxylic acids is 1. The first kappa shape index (κ1) is 17.8. The van der Waals surface area contributed by atoms with Gasteiger partial charge in [0.05, 0.1) is 20.8 Å². The average Bonchev–Trinajstić information content (AvgIpc) is 3.08. The predicted octanol–water partition coefficient (Wildman–Crippen LogP) is 1.54. The van der Waals surface area contributed by atoms with E-state index in [1.807, 2.05) is 12.1 Å². The molecule has 0 atom stereocenters. The summed E-state index contributed by atoms with van der Waals surface area (Å²) in [6, 6.07) is 6.47. The number of ether oxygens (including phenoxy) is 3. The van der Waals surface area contributed by atoms with Crippen molar-refractivity contribution >= 4 is 5.91 Å². The number of carbonyl (C=O) groups is 1. The van der Waals surface area contributed by atoms with Crippen LogP contribution in [0.15, 0.2) is 18.2 Å². The summed E-state index contributed by atoms with van der Waals surface area (Å²) < 4.78 is 18.5. The number of fused-ring (bicyclic) bond motifs is 2. The van der Waals surface area contributed by atoms with Crippen LogP contribution < -0.4 is 9.47 Å². The zero-order valence-corrected chi connectivity index (χ0v) is 15.9. The summed E-state index contributed by atoms with van der Waals surface area (Å²) in [4.78, 5) is 18.7. The van der Waals surface area contributed by atoms with Crippen LogP contribution in [0.25, 0.3) is 0 Å². The molecule has 144 valence electrons. The van der Waals surface area contributed by atoms with Crippen LogP contribution in [0.2, 0.25) is 0 Å². The molecule has 27 heavy (non-hydrogen) atoms. The number of benzene rings is 1. The minimum Gasteiger partial charge on any atom is -0.496 e. The van der Waals surface area contributed by atoms with Crippen LogP contribution in [-0.4, -0.2) is 59.5 Å². The number of hydrogen-bond acceptors (Lipinski definition) is 6. The first-order valence-electron chi connectivity index (χ1n) is 9.12. The normalized spacial score (nSPS) is 18.3. The molecule has 8 nitrogen and oxygen atoms in total. The minimum absolute atomic E-state index is 0.160. The molecule has 1 aromatic heterocycles. The van der Waals surface area contributed by atoms with Gasteiger partial charge >= 0.3 is 6.01 Å². The third-order valence-corrected chi connectivity index (χ3v) is 5.49. The van der Waals surface area contributed by atoms with Crippen molar-refractivity contribution in [2.45, 2.75) is 24.9 Å². The third-order valence-electron chi connectivity index (χ3n) is 5.49. The number of amides is 1. The summed E-state index contributed by atoms with van der Waals surface area (Å²) in [6.45, 7) is 1.85. The summed E-state index contributed by atoms with van der Waals surface area (Å²) >= 11 is 0. The molecule has 0 aliphatic carbocycles. The van der Waals surface area contributed by atoms with Gasteiger partial charge in [-0.2, -0.15) is 4.98 Å². The number of aromatic nitrogens is 3. The molecule has 0 N–H and O–H groups in total. The number of piperidine rings is 1. The monoisotopic (exact) mass is 372 g/mol. The van der Waals surface area contributed by atoms with Crippen LogP contribution in [0.1, 0.15) is 34.6 Å². The number of likely N-dealkylation sites (tertiary alicyclic amines) is 1. The molecule has 1 fully saturated rings. The highest BCUT2D eigenvalue weighted by Gasteiger charge is 2.44. The molecule has 2 aromatic rings. The number of methoxy groups -OCH3 is 2. The first-order chi connectivity index (χ1) is 13.1. The Morgan fingerprint density at radius 2 is 2.00 bits per heavy atom. The van der Waals surface area contributed by atoms with Crippen LogP contribution in [0.3, 0.4) is 0 Å². The summed E-state index contributed by atoms with van der Waals surface area (Å²) in [5.74, 6) is 0.843. The van der Waals surface area contributed by atoms with Crippen molar-refractivity contribution in [1.29, 1.82) is 0 Å². The van der Waals surface area contributed by atoms with E-state index in [9.17, 15) is 4.79 Å². The van der Waals surface area contributed by atoms with Crippen molar-refractivity contribution in [2.24, 2.45) is 7.05 Å². The molecule has 0 unspecified atom stereocenters. The maximum atomic E-state index is 12.8. The summed E-state index contributed by atoms with van der Waals surface area (Å²) in [5, 5.41) is 4.16. The standard InChI is InChI=1S/C19H24N4O4/c1-22-18(26-3)20-16(21-22)17(24)23-10-8-19(9-11-23)15-13(7-12-27-19)5-4-6-14(15)25-2/h4-6H,7-12H2,1-3H3. The fraction of sp³-hybridized carbons (Fsp3) is 0.526. The predicted molar refractivity (Wildman–Crippen MR) is 97.0 cm³/mol. The van der Waals surface area contributed by atoms with Crippen LogP contribution in [0.4, 0.5) is 0 Å². The van der Waals surface area contributed by atoms with Crippen molar-refractivity contribution in [3.8, 4) is 11.8 Å². The summed E-state index contributed by atoms with van der Waals surface area (Å²) in [7, 11) is 4.90. The van der Waals surface area contributed by atoms with Gasteiger partial charge < -0.3 is 19.1 Å². The fourth-order valence-electron chi connectivity index (χ4n) is 4.15. The van der Waals surface area contributed by atoms with E-state index in [-0.39, 0.29) is 11.7 Å². The lowest BCUT2D eigenvalue weighted by Gasteiger charge is -2.45. The molecule has 8 heteroatoms. The second-order valence-corrected chi connectivity index (χ2v) is 6.93. The smallest absolute Gasteiger partial charge is 0.314 e. The minimum atomic E-state index is -0.397.